The van der Waals surface area contributed by atoms with Gasteiger partial charge in [-0.2, -0.15) is 0 Å². The topological polar surface area (TPSA) is 36.1 Å². The second kappa shape index (κ2) is 5.02. The molecule has 1 aliphatic carbocycles. The van der Waals surface area contributed by atoms with E-state index < -0.39 is 0 Å². The third kappa shape index (κ3) is 2.14. The summed E-state index contributed by atoms with van der Waals surface area (Å²) in [5, 5.41) is 1.83. The summed E-state index contributed by atoms with van der Waals surface area (Å²) < 4.78 is 0. The van der Waals surface area contributed by atoms with Gasteiger partial charge >= 0.3 is 0 Å². The molecule has 1 atom stereocenters. The molecule has 2 fully saturated rings. The van der Waals surface area contributed by atoms with E-state index >= 15 is 0 Å². The number of amides is 1. The minimum absolute atomic E-state index is 0.306. The zero-order valence-electron chi connectivity index (χ0n) is 12.9. The molecule has 1 saturated carbocycles. The average molecular weight is 317 g/mol. The minimum atomic E-state index is -0.306. The van der Waals surface area contributed by atoms with Gasteiger partial charge in [-0.3, -0.25) is 4.79 Å². The molecule has 1 N–H and O–H groups in total. The fraction of sp³-hybridized carbons (Fsp3) is 0.500. The predicted octanol–water partition coefficient (Wildman–Crippen LogP) is 4.11. The van der Waals surface area contributed by atoms with Gasteiger partial charge in [0.25, 0.3) is 0 Å². The van der Waals surface area contributed by atoms with Gasteiger partial charge in [0.1, 0.15) is 0 Å². The standard InChI is InChI=1S/C18H21ClN2O/c1-12-3-2-8-21(11-12)17(22)18(6-7-18)15-10-20-16-5-4-13(19)9-14(15)16/h4-5,9-10,12,20H,2-3,6-8,11H2,1H3. The van der Waals surface area contributed by atoms with Crippen LogP contribution in [0.1, 0.15) is 38.2 Å². The lowest BCUT2D eigenvalue weighted by Gasteiger charge is -2.33. The van der Waals surface area contributed by atoms with Crippen LogP contribution in [0, 0.1) is 5.92 Å². The number of carbonyl (C=O) groups is 1. The Morgan fingerprint density at radius 2 is 2.23 bits per heavy atom. The summed E-state index contributed by atoms with van der Waals surface area (Å²) in [6, 6.07) is 5.86. The van der Waals surface area contributed by atoms with Crippen molar-refractivity contribution in [2.24, 2.45) is 5.92 Å². The maximum Gasteiger partial charge on any atom is 0.233 e. The van der Waals surface area contributed by atoms with Crippen molar-refractivity contribution in [1.82, 2.24) is 9.88 Å². The molecule has 1 aliphatic heterocycles. The number of benzene rings is 1. The van der Waals surface area contributed by atoms with Crippen LogP contribution >= 0.6 is 11.6 Å². The molecule has 1 unspecified atom stereocenters. The summed E-state index contributed by atoms with van der Waals surface area (Å²) in [7, 11) is 0. The van der Waals surface area contributed by atoms with Crippen molar-refractivity contribution in [2.45, 2.75) is 38.0 Å². The lowest BCUT2D eigenvalue weighted by molar-refractivity contribution is -0.135. The molecule has 0 spiro atoms. The van der Waals surface area contributed by atoms with E-state index in [-0.39, 0.29) is 5.41 Å². The van der Waals surface area contributed by atoms with Gasteiger partial charge in [0.15, 0.2) is 0 Å². The Hall–Kier alpha value is -1.48. The zero-order valence-corrected chi connectivity index (χ0v) is 13.6. The molecule has 1 saturated heterocycles. The molecule has 1 aromatic carbocycles. The smallest absolute Gasteiger partial charge is 0.233 e. The molecular formula is C18H21ClN2O. The van der Waals surface area contributed by atoms with Gasteiger partial charge < -0.3 is 9.88 Å². The molecule has 4 rings (SSSR count). The lowest BCUT2D eigenvalue weighted by atomic mass is 9.91. The van der Waals surface area contributed by atoms with Crippen molar-refractivity contribution in [2.75, 3.05) is 13.1 Å². The lowest BCUT2D eigenvalue weighted by Crippen LogP contribution is -2.44. The van der Waals surface area contributed by atoms with Crippen LogP contribution in [0.4, 0.5) is 0 Å². The molecule has 116 valence electrons. The third-order valence-corrected chi connectivity index (χ3v) is 5.50. The van der Waals surface area contributed by atoms with Crippen LogP contribution in [-0.2, 0) is 10.2 Å². The van der Waals surface area contributed by atoms with E-state index in [2.05, 4.69) is 16.8 Å². The number of likely N-dealkylation sites (tertiary alicyclic amines) is 1. The summed E-state index contributed by atoms with van der Waals surface area (Å²) in [5.74, 6) is 0.936. The Balaban J connectivity index is 1.70. The number of carbonyl (C=O) groups excluding carboxylic acids is 1. The molecule has 22 heavy (non-hydrogen) atoms. The molecule has 0 bridgehead atoms. The van der Waals surface area contributed by atoms with Gasteiger partial charge in [0, 0.05) is 35.2 Å². The van der Waals surface area contributed by atoms with Crippen LogP contribution in [0.3, 0.4) is 0 Å². The quantitative estimate of drug-likeness (QED) is 0.889. The minimum Gasteiger partial charge on any atom is -0.361 e. The zero-order chi connectivity index (χ0) is 15.3. The average Bonchev–Trinajstić information content (AvgIpc) is 3.21. The highest BCUT2D eigenvalue weighted by molar-refractivity contribution is 6.31. The second-order valence-corrected chi connectivity index (χ2v) is 7.41. The first-order valence-corrected chi connectivity index (χ1v) is 8.54. The number of fused-ring (bicyclic) bond motifs is 1. The Kier molecular flexibility index (Phi) is 3.23. The number of hydrogen-bond donors (Lipinski definition) is 1. The number of H-pyrrole nitrogens is 1. The molecule has 1 aromatic heterocycles. The van der Waals surface area contributed by atoms with E-state index in [1.165, 1.54) is 6.42 Å². The van der Waals surface area contributed by atoms with Crippen molar-refractivity contribution >= 4 is 28.4 Å². The summed E-state index contributed by atoms with van der Waals surface area (Å²) in [5.41, 5.74) is 1.89. The third-order valence-electron chi connectivity index (χ3n) is 5.26. The van der Waals surface area contributed by atoms with E-state index in [9.17, 15) is 4.79 Å². The highest BCUT2D eigenvalue weighted by atomic mass is 35.5. The SMILES string of the molecule is CC1CCCN(C(=O)C2(c3c[nH]c4ccc(Cl)cc34)CC2)C1. The van der Waals surface area contributed by atoms with E-state index in [1.54, 1.807) is 0 Å². The number of aromatic nitrogens is 1. The van der Waals surface area contributed by atoms with E-state index in [0.717, 1.165) is 53.8 Å². The van der Waals surface area contributed by atoms with Crippen LogP contribution in [0.5, 0.6) is 0 Å². The van der Waals surface area contributed by atoms with Crippen molar-refractivity contribution < 1.29 is 4.79 Å². The molecule has 4 heteroatoms. The van der Waals surface area contributed by atoms with Crippen molar-refractivity contribution in [3.05, 3.63) is 35.0 Å². The summed E-state index contributed by atoms with van der Waals surface area (Å²) >= 11 is 6.16. The first kappa shape index (κ1) is 14.1. The van der Waals surface area contributed by atoms with Crippen molar-refractivity contribution in [1.29, 1.82) is 0 Å². The number of piperidine rings is 1. The van der Waals surface area contributed by atoms with Gasteiger partial charge in [-0.05, 0) is 55.4 Å². The Morgan fingerprint density at radius 3 is 2.95 bits per heavy atom. The van der Waals surface area contributed by atoms with E-state index in [1.807, 2.05) is 24.4 Å². The highest BCUT2D eigenvalue weighted by Crippen LogP contribution is 2.52. The second-order valence-electron chi connectivity index (χ2n) is 6.97. The van der Waals surface area contributed by atoms with Gasteiger partial charge in [-0.25, -0.2) is 0 Å². The number of aromatic amines is 1. The summed E-state index contributed by atoms with van der Waals surface area (Å²) in [4.78, 5) is 18.5. The van der Waals surface area contributed by atoms with Gasteiger partial charge in [-0.1, -0.05) is 18.5 Å². The fourth-order valence-electron chi connectivity index (χ4n) is 3.89. The Labute approximate surface area is 135 Å². The number of rotatable bonds is 2. The van der Waals surface area contributed by atoms with Crippen LogP contribution in [-0.4, -0.2) is 28.9 Å². The number of halogens is 1. The van der Waals surface area contributed by atoms with Crippen LogP contribution in [0.2, 0.25) is 5.02 Å². The normalized spacial score (nSPS) is 23.7. The fourth-order valence-corrected chi connectivity index (χ4v) is 4.06. The molecule has 2 aromatic rings. The molecule has 2 aliphatic rings. The van der Waals surface area contributed by atoms with E-state index in [0.29, 0.717) is 11.8 Å². The molecule has 0 radical (unpaired) electrons. The number of hydrogen-bond acceptors (Lipinski definition) is 1. The summed E-state index contributed by atoms with van der Waals surface area (Å²) in [6.07, 6.45) is 6.29. The van der Waals surface area contributed by atoms with Crippen LogP contribution < -0.4 is 0 Å². The van der Waals surface area contributed by atoms with E-state index in [4.69, 9.17) is 11.6 Å². The largest absolute Gasteiger partial charge is 0.361 e. The molecular weight excluding hydrogens is 296 g/mol. The van der Waals surface area contributed by atoms with Crippen molar-refractivity contribution in [3.8, 4) is 0 Å². The van der Waals surface area contributed by atoms with Crippen LogP contribution in [0.15, 0.2) is 24.4 Å². The molecule has 1 amide bonds. The van der Waals surface area contributed by atoms with Crippen LogP contribution in [0.25, 0.3) is 10.9 Å². The first-order chi connectivity index (χ1) is 10.6. The van der Waals surface area contributed by atoms with Gasteiger partial charge in [0.2, 0.25) is 5.91 Å². The molecule has 3 nitrogen and oxygen atoms in total. The summed E-state index contributed by atoms with van der Waals surface area (Å²) in [6.45, 7) is 4.06. The first-order valence-electron chi connectivity index (χ1n) is 8.17. The number of nitrogens with one attached hydrogen (secondary N) is 1. The maximum absolute atomic E-state index is 13.1. The monoisotopic (exact) mass is 316 g/mol. The Bertz CT molecular complexity index is 732. The van der Waals surface area contributed by atoms with Gasteiger partial charge in [0.05, 0.1) is 5.41 Å². The number of nitrogens with zero attached hydrogens (tertiary/aromatic N) is 1. The van der Waals surface area contributed by atoms with Gasteiger partial charge in [-0.15, -0.1) is 0 Å². The molecule has 2 heterocycles. The highest BCUT2D eigenvalue weighted by Gasteiger charge is 2.54. The van der Waals surface area contributed by atoms with Crippen molar-refractivity contribution in [3.63, 3.8) is 0 Å². The predicted molar refractivity (Wildman–Crippen MR) is 89.2 cm³/mol. The maximum atomic E-state index is 13.1. The Morgan fingerprint density at radius 1 is 1.41 bits per heavy atom.